The molecule has 0 fully saturated rings. The van der Waals surface area contributed by atoms with E-state index in [1.54, 1.807) is 13.3 Å². The molecule has 0 spiro atoms. The number of aromatic nitrogens is 5. The lowest BCUT2D eigenvalue weighted by Gasteiger charge is -2.06. The van der Waals surface area contributed by atoms with Gasteiger partial charge in [-0.2, -0.15) is 10.2 Å². The van der Waals surface area contributed by atoms with E-state index in [0.717, 1.165) is 18.1 Å². The second kappa shape index (κ2) is 5.45. The molecule has 0 radical (unpaired) electrons. The monoisotopic (exact) mass is 267 g/mol. The quantitative estimate of drug-likeness (QED) is 0.840. The van der Waals surface area contributed by atoms with Gasteiger partial charge in [0.2, 0.25) is 0 Å². The molecule has 2 aromatic rings. The van der Waals surface area contributed by atoms with Crippen LogP contribution in [0.5, 0.6) is 0 Å². The average molecular weight is 267 g/mol. The van der Waals surface area contributed by atoms with E-state index in [-0.39, 0.29) is 0 Å². The van der Waals surface area contributed by atoms with Crippen molar-refractivity contribution in [1.29, 1.82) is 0 Å². The Morgan fingerprint density at radius 1 is 1.50 bits per heavy atom. The molecule has 0 aliphatic carbocycles. The summed E-state index contributed by atoms with van der Waals surface area (Å²) in [4.78, 5) is 0. The van der Waals surface area contributed by atoms with Crippen molar-refractivity contribution in [2.75, 3.05) is 13.7 Å². The fourth-order valence-corrected chi connectivity index (χ4v) is 1.97. The summed E-state index contributed by atoms with van der Waals surface area (Å²) >= 11 is 5.25. The summed E-state index contributed by atoms with van der Waals surface area (Å²) in [6, 6.07) is 0. The number of rotatable bonds is 5. The van der Waals surface area contributed by atoms with Crippen LogP contribution in [0.25, 0.3) is 5.69 Å². The Morgan fingerprint density at radius 2 is 2.28 bits per heavy atom. The first-order valence-electron chi connectivity index (χ1n) is 5.82. The molecule has 0 aromatic carbocycles. The summed E-state index contributed by atoms with van der Waals surface area (Å²) in [5, 5.41) is 11.3. The third kappa shape index (κ3) is 2.51. The molecule has 98 valence electrons. The van der Waals surface area contributed by atoms with E-state index in [9.17, 15) is 0 Å². The molecule has 2 heterocycles. The van der Waals surface area contributed by atoms with Gasteiger partial charge in [-0.15, -0.1) is 0 Å². The van der Waals surface area contributed by atoms with E-state index in [1.165, 1.54) is 0 Å². The molecular formula is C11H17N5OS. The number of ether oxygens (including phenoxy) is 1. The van der Waals surface area contributed by atoms with Crippen LogP contribution >= 0.6 is 12.2 Å². The number of hydrogen-bond acceptors (Lipinski definition) is 4. The van der Waals surface area contributed by atoms with Gasteiger partial charge in [0.15, 0.2) is 4.77 Å². The van der Waals surface area contributed by atoms with Crippen molar-refractivity contribution in [2.45, 2.75) is 26.3 Å². The minimum absolute atomic E-state index is 0.292. The van der Waals surface area contributed by atoms with Crippen LogP contribution in [-0.4, -0.2) is 38.3 Å². The lowest BCUT2D eigenvalue weighted by atomic mass is 10.2. The van der Waals surface area contributed by atoms with E-state index >= 15 is 0 Å². The molecule has 0 saturated heterocycles. The highest BCUT2D eigenvalue weighted by Crippen LogP contribution is 2.17. The van der Waals surface area contributed by atoms with Crippen molar-refractivity contribution in [3.8, 4) is 5.69 Å². The minimum Gasteiger partial charge on any atom is -0.383 e. The maximum absolute atomic E-state index is 5.25. The fourth-order valence-electron chi connectivity index (χ4n) is 1.72. The summed E-state index contributed by atoms with van der Waals surface area (Å²) in [7, 11) is 1.67. The van der Waals surface area contributed by atoms with Crippen molar-refractivity contribution >= 4 is 12.2 Å². The largest absolute Gasteiger partial charge is 0.383 e. The first-order chi connectivity index (χ1) is 8.63. The molecule has 7 heteroatoms. The fraction of sp³-hybridized carbons (Fsp3) is 0.545. The van der Waals surface area contributed by atoms with Crippen LogP contribution in [0.1, 0.15) is 25.6 Å². The first-order valence-corrected chi connectivity index (χ1v) is 6.23. The van der Waals surface area contributed by atoms with Gasteiger partial charge >= 0.3 is 0 Å². The van der Waals surface area contributed by atoms with Gasteiger partial charge in [-0.1, -0.05) is 13.8 Å². The molecule has 2 aromatic heterocycles. The Bertz CT molecular complexity index is 568. The summed E-state index contributed by atoms with van der Waals surface area (Å²) in [5.41, 5.74) is 0.925. The second-order valence-corrected chi connectivity index (χ2v) is 4.72. The van der Waals surface area contributed by atoms with Crippen molar-refractivity contribution < 1.29 is 4.74 Å². The Hall–Kier alpha value is -1.47. The van der Waals surface area contributed by atoms with Gasteiger partial charge in [-0.3, -0.25) is 14.3 Å². The van der Waals surface area contributed by atoms with Crippen LogP contribution in [0, 0.1) is 4.77 Å². The van der Waals surface area contributed by atoms with Crippen LogP contribution in [0.4, 0.5) is 0 Å². The molecule has 6 nitrogen and oxygen atoms in total. The molecule has 0 amide bonds. The predicted molar refractivity (Wildman–Crippen MR) is 70.5 cm³/mol. The Balaban J connectivity index is 2.34. The summed E-state index contributed by atoms with van der Waals surface area (Å²) in [6.45, 7) is 5.52. The maximum atomic E-state index is 5.25. The maximum Gasteiger partial charge on any atom is 0.199 e. The van der Waals surface area contributed by atoms with Crippen LogP contribution < -0.4 is 0 Å². The zero-order chi connectivity index (χ0) is 13.1. The average Bonchev–Trinajstić information content (AvgIpc) is 2.92. The van der Waals surface area contributed by atoms with Gasteiger partial charge in [-0.25, -0.2) is 0 Å². The van der Waals surface area contributed by atoms with Crippen LogP contribution in [-0.2, 0) is 11.3 Å². The molecule has 0 atom stereocenters. The van der Waals surface area contributed by atoms with E-state index in [2.05, 4.69) is 29.1 Å². The summed E-state index contributed by atoms with van der Waals surface area (Å²) in [5.74, 6) is 1.20. The number of nitrogens with one attached hydrogen (secondary N) is 1. The highest BCUT2D eigenvalue weighted by molar-refractivity contribution is 7.71. The van der Waals surface area contributed by atoms with Crippen molar-refractivity contribution in [3.63, 3.8) is 0 Å². The number of aromatic amines is 1. The smallest absolute Gasteiger partial charge is 0.199 e. The number of methoxy groups -OCH3 is 1. The van der Waals surface area contributed by atoms with Gasteiger partial charge < -0.3 is 4.74 Å². The molecule has 0 unspecified atom stereocenters. The van der Waals surface area contributed by atoms with Gasteiger partial charge in [0.25, 0.3) is 0 Å². The lowest BCUT2D eigenvalue weighted by molar-refractivity contribution is 0.183. The molecule has 0 saturated carbocycles. The normalized spacial score (nSPS) is 11.3. The lowest BCUT2D eigenvalue weighted by Crippen LogP contribution is -2.05. The van der Waals surface area contributed by atoms with Crippen molar-refractivity contribution in [2.24, 2.45) is 0 Å². The first kappa shape index (κ1) is 13.0. The van der Waals surface area contributed by atoms with Crippen LogP contribution in [0.3, 0.4) is 0 Å². The van der Waals surface area contributed by atoms with E-state index in [0.29, 0.717) is 17.3 Å². The second-order valence-electron chi connectivity index (χ2n) is 4.33. The number of H-pyrrole nitrogens is 1. The molecule has 18 heavy (non-hydrogen) atoms. The predicted octanol–water partition coefficient (Wildman–Crippen LogP) is 1.90. The summed E-state index contributed by atoms with van der Waals surface area (Å²) in [6.07, 6.45) is 3.73. The number of hydrogen-bond donors (Lipinski definition) is 1. The van der Waals surface area contributed by atoms with Crippen LogP contribution in [0.15, 0.2) is 12.4 Å². The molecule has 0 aliphatic heterocycles. The minimum atomic E-state index is 0.292. The molecule has 0 aliphatic rings. The zero-order valence-corrected chi connectivity index (χ0v) is 11.6. The Kier molecular flexibility index (Phi) is 3.93. The van der Waals surface area contributed by atoms with E-state index in [4.69, 9.17) is 17.0 Å². The van der Waals surface area contributed by atoms with E-state index in [1.807, 2.05) is 15.4 Å². The third-order valence-corrected chi connectivity index (χ3v) is 2.89. The van der Waals surface area contributed by atoms with Gasteiger partial charge in [-0.05, 0) is 12.2 Å². The third-order valence-electron chi connectivity index (χ3n) is 2.62. The molecular weight excluding hydrogens is 250 g/mol. The topological polar surface area (TPSA) is 60.7 Å². The van der Waals surface area contributed by atoms with E-state index < -0.39 is 0 Å². The van der Waals surface area contributed by atoms with Crippen molar-refractivity contribution in [1.82, 2.24) is 24.5 Å². The Labute approximate surface area is 111 Å². The standard InChI is InChI=1S/C11H17N5OS/c1-8(2)10-13-14-11(18)16(10)9-6-12-15(7-9)4-5-17-3/h6-8H,4-5H2,1-3H3,(H,14,18). The van der Waals surface area contributed by atoms with Crippen molar-refractivity contribution in [3.05, 3.63) is 23.0 Å². The number of nitrogens with zero attached hydrogens (tertiary/aromatic N) is 4. The molecule has 0 bridgehead atoms. The Morgan fingerprint density at radius 3 is 2.94 bits per heavy atom. The van der Waals surface area contributed by atoms with Crippen LogP contribution in [0.2, 0.25) is 0 Å². The highest BCUT2D eigenvalue weighted by Gasteiger charge is 2.13. The van der Waals surface area contributed by atoms with Gasteiger partial charge in [0, 0.05) is 19.2 Å². The molecule has 1 N–H and O–H groups in total. The van der Waals surface area contributed by atoms with Gasteiger partial charge in [0.05, 0.1) is 25.0 Å². The van der Waals surface area contributed by atoms with Gasteiger partial charge in [0.1, 0.15) is 5.82 Å². The summed E-state index contributed by atoms with van der Waals surface area (Å²) < 4.78 is 9.36. The molecule has 2 rings (SSSR count). The SMILES string of the molecule is COCCn1cc(-n2c(C(C)C)n[nH]c2=S)cn1. The zero-order valence-electron chi connectivity index (χ0n) is 10.8. The highest BCUT2D eigenvalue weighted by atomic mass is 32.1.